The van der Waals surface area contributed by atoms with E-state index in [1.807, 2.05) is 36.4 Å². The number of nitrogens with one attached hydrogen (secondary N) is 2. The molecule has 0 bridgehead atoms. The molecule has 24 heavy (non-hydrogen) atoms. The van der Waals surface area contributed by atoms with Gasteiger partial charge in [-0.1, -0.05) is 60.7 Å². The van der Waals surface area contributed by atoms with Crippen molar-refractivity contribution in [2.45, 2.75) is 13.0 Å². The molecule has 0 saturated heterocycles. The van der Waals surface area contributed by atoms with Gasteiger partial charge in [0.15, 0.2) is 0 Å². The van der Waals surface area contributed by atoms with Crippen molar-refractivity contribution in [3.63, 3.8) is 0 Å². The van der Waals surface area contributed by atoms with Crippen molar-refractivity contribution in [2.75, 3.05) is 5.32 Å². The number of benzene rings is 3. The summed E-state index contributed by atoms with van der Waals surface area (Å²) in [5, 5.41) is 5.80. The first-order valence-corrected chi connectivity index (χ1v) is 8.09. The van der Waals surface area contributed by atoms with Gasteiger partial charge in [-0.25, -0.2) is 4.79 Å². The van der Waals surface area contributed by atoms with Gasteiger partial charge in [-0.15, -0.1) is 0 Å². The molecule has 0 aromatic heterocycles. The lowest BCUT2D eigenvalue weighted by Gasteiger charge is -2.09. The van der Waals surface area contributed by atoms with Crippen LogP contribution in [0.25, 0.3) is 11.1 Å². The molecule has 3 aromatic carbocycles. The van der Waals surface area contributed by atoms with E-state index in [1.165, 1.54) is 22.3 Å². The minimum absolute atomic E-state index is 0.186. The summed E-state index contributed by atoms with van der Waals surface area (Å²) in [6.07, 6.45) is 0.923. The molecule has 1 aliphatic rings. The van der Waals surface area contributed by atoms with Crippen LogP contribution in [0, 0.1) is 0 Å². The first kappa shape index (κ1) is 14.5. The third-order valence-corrected chi connectivity index (χ3v) is 4.35. The Balaban J connectivity index is 1.43. The highest BCUT2D eigenvalue weighted by molar-refractivity contribution is 5.90. The molecule has 0 unspecified atom stereocenters. The third kappa shape index (κ3) is 2.88. The second-order valence-corrected chi connectivity index (χ2v) is 6.00. The second-order valence-electron chi connectivity index (χ2n) is 6.00. The van der Waals surface area contributed by atoms with Gasteiger partial charge in [0.2, 0.25) is 0 Å². The number of urea groups is 1. The number of rotatable bonds is 3. The molecule has 2 N–H and O–H groups in total. The van der Waals surface area contributed by atoms with Crippen LogP contribution < -0.4 is 10.6 Å². The molecule has 0 aliphatic heterocycles. The highest BCUT2D eigenvalue weighted by Gasteiger charge is 2.18. The fourth-order valence-corrected chi connectivity index (χ4v) is 3.18. The Kier molecular flexibility index (Phi) is 3.75. The van der Waals surface area contributed by atoms with E-state index in [9.17, 15) is 4.79 Å². The summed E-state index contributed by atoms with van der Waals surface area (Å²) in [7, 11) is 0. The SMILES string of the molecule is O=C(NCc1ccccc1)Nc1ccc2c(c1)Cc1ccccc1-2. The summed E-state index contributed by atoms with van der Waals surface area (Å²) in [6.45, 7) is 0.517. The highest BCUT2D eigenvalue weighted by atomic mass is 16.2. The van der Waals surface area contributed by atoms with E-state index in [2.05, 4.69) is 47.0 Å². The van der Waals surface area contributed by atoms with Gasteiger partial charge in [-0.3, -0.25) is 0 Å². The van der Waals surface area contributed by atoms with Crippen LogP contribution in [0.1, 0.15) is 16.7 Å². The molecule has 118 valence electrons. The van der Waals surface area contributed by atoms with Crippen molar-refractivity contribution >= 4 is 11.7 Å². The molecule has 0 radical (unpaired) electrons. The standard InChI is InChI=1S/C21H18N2O/c24-21(22-14-15-6-2-1-3-7-15)23-18-10-11-20-17(13-18)12-16-8-4-5-9-19(16)20/h1-11,13H,12,14H2,(H2,22,23,24). The Bertz CT molecular complexity index is 887. The Morgan fingerprint density at radius 3 is 2.46 bits per heavy atom. The smallest absolute Gasteiger partial charge is 0.319 e. The average molecular weight is 314 g/mol. The molecule has 0 fully saturated rings. The number of fused-ring (bicyclic) bond motifs is 3. The predicted octanol–water partition coefficient (Wildman–Crippen LogP) is 4.58. The number of hydrogen-bond donors (Lipinski definition) is 2. The van der Waals surface area contributed by atoms with Gasteiger partial charge >= 0.3 is 6.03 Å². The van der Waals surface area contributed by atoms with Crippen molar-refractivity contribution < 1.29 is 4.79 Å². The van der Waals surface area contributed by atoms with Crippen LogP contribution >= 0.6 is 0 Å². The molecular formula is C21H18N2O. The molecule has 4 rings (SSSR count). The number of hydrogen-bond acceptors (Lipinski definition) is 1. The molecule has 3 nitrogen and oxygen atoms in total. The van der Waals surface area contributed by atoms with Crippen LogP contribution in [-0.2, 0) is 13.0 Å². The molecule has 3 heteroatoms. The molecule has 0 saturated carbocycles. The van der Waals surface area contributed by atoms with Crippen molar-refractivity contribution in [3.8, 4) is 11.1 Å². The Labute approximate surface area is 141 Å². The third-order valence-electron chi connectivity index (χ3n) is 4.35. The largest absolute Gasteiger partial charge is 0.334 e. The maximum atomic E-state index is 12.1. The normalized spacial score (nSPS) is 11.5. The number of amides is 2. The molecule has 0 atom stereocenters. The zero-order chi connectivity index (χ0) is 16.4. The highest BCUT2D eigenvalue weighted by Crippen LogP contribution is 2.37. The van der Waals surface area contributed by atoms with E-state index in [4.69, 9.17) is 0 Å². The molecule has 3 aromatic rings. The summed E-state index contributed by atoms with van der Waals surface area (Å²) in [4.78, 5) is 12.1. The second kappa shape index (κ2) is 6.20. The zero-order valence-electron chi connectivity index (χ0n) is 13.3. The quantitative estimate of drug-likeness (QED) is 0.571. The van der Waals surface area contributed by atoms with Gasteiger partial charge in [0.25, 0.3) is 0 Å². The lowest BCUT2D eigenvalue weighted by atomic mass is 10.1. The van der Waals surface area contributed by atoms with E-state index >= 15 is 0 Å². The van der Waals surface area contributed by atoms with Crippen LogP contribution in [0.15, 0.2) is 72.8 Å². The minimum atomic E-state index is -0.186. The van der Waals surface area contributed by atoms with Gasteiger partial charge < -0.3 is 10.6 Å². The van der Waals surface area contributed by atoms with Gasteiger partial charge in [0.05, 0.1) is 0 Å². The van der Waals surface area contributed by atoms with Crippen LogP contribution in [0.2, 0.25) is 0 Å². The zero-order valence-corrected chi connectivity index (χ0v) is 13.3. The van der Waals surface area contributed by atoms with Crippen molar-refractivity contribution in [2.24, 2.45) is 0 Å². The lowest BCUT2D eigenvalue weighted by Crippen LogP contribution is -2.28. The van der Waals surface area contributed by atoms with Gasteiger partial charge in [0.1, 0.15) is 0 Å². The summed E-state index contributed by atoms with van der Waals surface area (Å²) >= 11 is 0. The maximum absolute atomic E-state index is 12.1. The van der Waals surface area contributed by atoms with E-state index in [0.717, 1.165) is 17.7 Å². The van der Waals surface area contributed by atoms with Crippen LogP contribution in [0.4, 0.5) is 10.5 Å². The van der Waals surface area contributed by atoms with Crippen LogP contribution in [0.3, 0.4) is 0 Å². The molecule has 0 spiro atoms. The average Bonchev–Trinajstić information content (AvgIpc) is 2.98. The summed E-state index contributed by atoms with van der Waals surface area (Å²) < 4.78 is 0. The summed E-state index contributed by atoms with van der Waals surface area (Å²) in [5.74, 6) is 0. The minimum Gasteiger partial charge on any atom is -0.334 e. The Hall–Kier alpha value is -3.07. The first-order chi connectivity index (χ1) is 11.8. The van der Waals surface area contributed by atoms with Gasteiger partial charge in [0, 0.05) is 12.2 Å². The predicted molar refractivity (Wildman–Crippen MR) is 97.0 cm³/mol. The van der Waals surface area contributed by atoms with E-state index in [-0.39, 0.29) is 6.03 Å². The molecule has 2 amide bonds. The van der Waals surface area contributed by atoms with Gasteiger partial charge in [-0.05, 0) is 46.4 Å². The molecular weight excluding hydrogens is 296 g/mol. The monoisotopic (exact) mass is 314 g/mol. The fourth-order valence-electron chi connectivity index (χ4n) is 3.18. The molecule has 1 aliphatic carbocycles. The van der Waals surface area contributed by atoms with E-state index in [0.29, 0.717) is 6.54 Å². The summed E-state index contributed by atoms with van der Waals surface area (Å²) in [6, 6.07) is 24.3. The van der Waals surface area contributed by atoms with Crippen LogP contribution in [0.5, 0.6) is 0 Å². The topological polar surface area (TPSA) is 41.1 Å². The van der Waals surface area contributed by atoms with Crippen molar-refractivity contribution in [1.29, 1.82) is 0 Å². The number of carbonyl (C=O) groups is 1. The van der Waals surface area contributed by atoms with Gasteiger partial charge in [-0.2, -0.15) is 0 Å². The van der Waals surface area contributed by atoms with Crippen molar-refractivity contribution in [1.82, 2.24) is 5.32 Å². The fraction of sp³-hybridized carbons (Fsp3) is 0.0952. The summed E-state index contributed by atoms with van der Waals surface area (Å²) in [5.41, 5.74) is 7.08. The first-order valence-electron chi connectivity index (χ1n) is 8.09. The molecule has 0 heterocycles. The Morgan fingerprint density at radius 1 is 0.833 bits per heavy atom. The number of anilines is 1. The maximum Gasteiger partial charge on any atom is 0.319 e. The van der Waals surface area contributed by atoms with E-state index < -0.39 is 0 Å². The Morgan fingerprint density at radius 2 is 1.58 bits per heavy atom. The van der Waals surface area contributed by atoms with Crippen LogP contribution in [-0.4, -0.2) is 6.03 Å². The van der Waals surface area contributed by atoms with Crippen molar-refractivity contribution in [3.05, 3.63) is 89.5 Å². The number of carbonyl (C=O) groups excluding carboxylic acids is 1. The lowest BCUT2D eigenvalue weighted by molar-refractivity contribution is 0.251. The van der Waals surface area contributed by atoms with E-state index in [1.54, 1.807) is 0 Å².